The number of nitrogens with one attached hydrogen (secondary N) is 1. The van der Waals surface area contributed by atoms with Crippen LogP contribution in [0.15, 0.2) is 11.1 Å². The lowest BCUT2D eigenvalue weighted by Crippen LogP contribution is -2.17. The van der Waals surface area contributed by atoms with E-state index in [4.69, 9.17) is 0 Å². The molecule has 0 aliphatic carbocycles. The zero-order valence-corrected chi connectivity index (χ0v) is 12.5. The van der Waals surface area contributed by atoms with Crippen molar-refractivity contribution >= 4 is 17.6 Å². The summed E-state index contributed by atoms with van der Waals surface area (Å²) in [6.45, 7) is 10.9. The highest BCUT2D eigenvalue weighted by Crippen LogP contribution is 2.25. The van der Waals surface area contributed by atoms with Crippen molar-refractivity contribution in [1.29, 1.82) is 0 Å². The van der Waals surface area contributed by atoms with Gasteiger partial charge < -0.3 is 5.32 Å². The summed E-state index contributed by atoms with van der Waals surface area (Å²) in [7, 11) is 1.89. The predicted octanol–water partition coefficient (Wildman–Crippen LogP) is 3.56. The van der Waals surface area contributed by atoms with Crippen LogP contribution in [-0.2, 0) is 5.41 Å². The van der Waals surface area contributed by atoms with Crippen LogP contribution in [0.25, 0.3) is 0 Å². The number of aromatic nitrogens is 2. The minimum atomic E-state index is -0.0139. The first-order chi connectivity index (χ1) is 7.82. The van der Waals surface area contributed by atoms with Gasteiger partial charge in [-0.2, -0.15) is 0 Å². The number of nitrogens with zero attached hydrogens (tertiary/aromatic N) is 2. The first-order valence-corrected chi connectivity index (χ1v) is 7.01. The molecule has 17 heavy (non-hydrogen) atoms. The zero-order chi connectivity index (χ0) is 13.1. The lowest BCUT2D eigenvalue weighted by Gasteiger charge is -2.18. The fourth-order valence-electron chi connectivity index (χ4n) is 1.21. The maximum atomic E-state index is 4.64. The van der Waals surface area contributed by atoms with E-state index in [9.17, 15) is 0 Å². The molecule has 0 radical (unpaired) electrons. The lowest BCUT2D eigenvalue weighted by molar-refractivity contribution is 0.539. The molecule has 0 amide bonds. The van der Waals surface area contributed by atoms with Crippen molar-refractivity contribution in [2.75, 3.05) is 18.1 Å². The SMILES string of the molecule is CNc1cc(SCC(C)C)nc(C(C)(C)C)n1. The molecule has 0 saturated carbocycles. The largest absolute Gasteiger partial charge is 0.373 e. The van der Waals surface area contributed by atoms with Gasteiger partial charge in [-0.1, -0.05) is 34.6 Å². The van der Waals surface area contributed by atoms with Crippen molar-refractivity contribution in [2.45, 2.75) is 45.1 Å². The van der Waals surface area contributed by atoms with Crippen molar-refractivity contribution in [3.8, 4) is 0 Å². The molecule has 0 unspecified atom stereocenters. The van der Waals surface area contributed by atoms with Crippen molar-refractivity contribution < 1.29 is 0 Å². The highest BCUT2D eigenvalue weighted by atomic mass is 32.2. The summed E-state index contributed by atoms with van der Waals surface area (Å²) in [5, 5.41) is 4.16. The maximum Gasteiger partial charge on any atom is 0.137 e. The molecule has 0 bridgehead atoms. The first kappa shape index (κ1) is 14.3. The van der Waals surface area contributed by atoms with Crippen LogP contribution < -0.4 is 5.32 Å². The van der Waals surface area contributed by atoms with E-state index < -0.39 is 0 Å². The Morgan fingerprint density at radius 1 is 1.29 bits per heavy atom. The van der Waals surface area contributed by atoms with E-state index in [0.717, 1.165) is 22.4 Å². The molecule has 1 aromatic heterocycles. The van der Waals surface area contributed by atoms with Crippen LogP contribution in [0.5, 0.6) is 0 Å². The van der Waals surface area contributed by atoms with Crippen LogP contribution in [0.1, 0.15) is 40.4 Å². The Labute approximate surface area is 109 Å². The molecule has 3 nitrogen and oxygen atoms in total. The highest BCUT2D eigenvalue weighted by molar-refractivity contribution is 7.99. The molecule has 4 heteroatoms. The van der Waals surface area contributed by atoms with Gasteiger partial charge in [0.15, 0.2) is 0 Å². The van der Waals surface area contributed by atoms with Crippen molar-refractivity contribution in [3.05, 3.63) is 11.9 Å². The van der Waals surface area contributed by atoms with Crippen LogP contribution in [0.4, 0.5) is 5.82 Å². The van der Waals surface area contributed by atoms with Crippen molar-refractivity contribution in [3.63, 3.8) is 0 Å². The quantitative estimate of drug-likeness (QED) is 0.657. The molecular formula is C13H23N3S. The molecule has 1 heterocycles. The number of hydrogen-bond donors (Lipinski definition) is 1. The Morgan fingerprint density at radius 2 is 1.94 bits per heavy atom. The normalized spacial score (nSPS) is 11.9. The Morgan fingerprint density at radius 3 is 2.41 bits per heavy atom. The van der Waals surface area contributed by atoms with E-state index in [2.05, 4.69) is 49.9 Å². The van der Waals surface area contributed by atoms with E-state index in [1.165, 1.54) is 0 Å². The summed E-state index contributed by atoms with van der Waals surface area (Å²) in [5.74, 6) is 3.56. The Bertz CT molecular complexity index is 369. The van der Waals surface area contributed by atoms with E-state index in [1.54, 1.807) is 11.8 Å². The fourth-order valence-corrected chi connectivity index (χ4v) is 2.06. The molecule has 96 valence electrons. The van der Waals surface area contributed by atoms with E-state index in [0.29, 0.717) is 5.92 Å². The van der Waals surface area contributed by atoms with Crippen LogP contribution in [0.3, 0.4) is 0 Å². The molecule has 0 saturated heterocycles. The Kier molecular flexibility index (Phi) is 4.80. The summed E-state index contributed by atoms with van der Waals surface area (Å²) >= 11 is 1.80. The van der Waals surface area contributed by atoms with Crippen LogP contribution in [0, 0.1) is 5.92 Å². The van der Waals surface area contributed by atoms with Gasteiger partial charge in [-0.15, -0.1) is 11.8 Å². The molecule has 0 spiro atoms. The molecule has 1 aromatic rings. The van der Waals surface area contributed by atoms with Crippen LogP contribution >= 0.6 is 11.8 Å². The predicted molar refractivity (Wildman–Crippen MR) is 75.8 cm³/mol. The van der Waals surface area contributed by atoms with E-state index in [1.807, 2.05) is 13.1 Å². The van der Waals surface area contributed by atoms with Gasteiger partial charge in [-0.3, -0.25) is 0 Å². The average molecular weight is 253 g/mol. The summed E-state index contributed by atoms with van der Waals surface area (Å²) in [4.78, 5) is 9.15. The van der Waals surface area contributed by atoms with Gasteiger partial charge in [0.2, 0.25) is 0 Å². The highest BCUT2D eigenvalue weighted by Gasteiger charge is 2.19. The molecule has 0 aromatic carbocycles. The van der Waals surface area contributed by atoms with E-state index >= 15 is 0 Å². The average Bonchev–Trinajstić information content (AvgIpc) is 2.24. The third-order valence-electron chi connectivity index (χ3n) is 2.19. The number of hydrogen-bond acceptors (Lipinski definition) is 4. The molecule has 0 fully saturated rings. The van der Waals surface area contributed by atoms with Gasteiger partial charge >= 0.3 is 0 Å². The minimum Gasteiger partial charge on any atom is -0.373 e. The van der Waals surface area contributed by atoms with E-state index in [-0.39, 0.29) is 5.41 Å². The first-order valence-electron chi connectivity index (χ1n) is 6.03. The standard InChI is InChI=1S/C13H23N3S/c1-9(2)8-17-11-7-10(14-6)15-12(16-11)13(3,4)5/h7,9H,8H2,1-6H3,(H,14,15,16). The summed E-state index contributed by atoms with van der Waals surface area (Å²) in [5.41, 5.74) is -0.0139. The third-order valence-corrected chi connectivity index (χ3v) is 3.53. The fraction of sp³-hybridized carbons (Fsp3) is 0.692. The topological polar surface area (TPSA) is 37.8 Å². The molecule has 0 aliphatic heterocycles. The van der Waals surface area contributed by atoms with Gasteiger partial charge in [0.05, 0.1) is 0 Å². The van der Waals surface area contributed by atoms with Gasteiger partial charge in [0.25, 0.3) is 0 Å². The summed E-state index contributed by atoms with van der Waals surface area (Å²) in [6, 6.07) is 2.02. The van der Waals surface area contributed by atoms with Gasteiger partial charge in [-0.05, 0) is 5.92 Å². The number of anilines is 1. The molecule has 1 N–H and O–H groups in total. The Hall–Kier alpha value is -0.770. The number of rotatable bonds is 4. The Balaban J connectivity index is 2.97. The summed E-state index contributed by atoms with van der Waals surface area (Å²) in [6.07, 6.45) is 0. The molecular weight excluding hydrogens is 230 g/mol. The minimum absolute atomic E-state index is 0.0139. The van der Waals surface area contributed by atoms with Gasteiger partial charge in [0, 0.05) is 24.3 Å². The van der Waals surface area contributed by atoms with Crippen LogP contribution in [0.2, 0.25) is 0 Å². The monoisotopic (exact) mass is 253 g/mol. The smallest absolute Gasteiger partial charge is 0.137 e. The van der Waals surface area contributed by atoms with Gasteiger partial charge in [0.1, 0.15) is 16.7 Å². The van der Waals surface area contributed by atoms with Crippen molar-refractivity contribution in [1.82, 2.24) is 9.97 Å². The van der Waals surface area contributed by atoms with Gasteiger partial charge in [-0.25, -0.2) is 9.97 Å². The second-order valence-corrected chi connectivity index (χ2v) is 6.66. The second kappa shape index (κ2) is 5.71. The molecule has 0 aliphatic rings. The molecule has 1 rings (SSSR count). The van der Waals surface area contributed by atoms with Crippen molar-refractivity contribution in [2.24, 2.45) is 5.92 Å². The lowest BCUT2D eigenvalue weighted by atomic mass is 9.96. The summed E-state index contributed by atoms with van der Waals surface area (Å²) < 4.78 is 0. The second-order valence-electron chi connectivity index (χ2n) is 5.62. The molecule has 0 atom stereocenters. The third kappa shape index (κ3) is 4.54. The maximum absolute atomic E-state index is 4.64. The number of thioether (sulfide) groups is 1. The zero-order valence-electron chi connectivity index (χ0n) is 11.7. The van der Waals surface area contributed by atoms with Crippen LogP contribution in [-0.4, -0.2) is 22.8 Å².